The molecule has 1 amide bonds. The molecular formula is C17H20ClN3O2. The summed E-state index contributed by atoms with van der Waals surface area (Å²) < 4.78 is 1.86. The minimum Gasteiger partial charge on any atom is -0.394 e. The number of nitrogens with zero attached hydrogens (tertiary/aromatic N) is 3. The third kappa shape index (κ3) is 3.41. The summed E-state index contributed by atoms with van der Waals surface area (Å²) in [5.74, 6) is 0.372. The van der Waals surface area contributed by atoms with Crippen molar-refractivity contribution in [3.05, 3.63) is 52.8 Å². The largest absolute Gasteiger partial charge is 0.394 e. The van der Waals surface area contributed by atoms with Gasteiger partial charge in [-0.3, -0.25) is 9.48 Å². The normalized spacial score (nSPS) is 15.8. The van der Waals surface area contributed by atoms with E-state index >= 15 is 0 Å². The van der Waals surface area contributed by atoms with Crippen LogP contribution in [0.5, 0.6) is 0 Å². The molecule has 1 aromatic carbocycles. The molecule has 0 unspecified atom stereocenters. The van der Waals surface area contributed by atoms with E-state index in [-0.39, 0.29) is 12.5 Å². The molecule has 0 bridgehead atoms. The molecule has 1 aliphatic rings. The summed E-state index contributed by atoms with van der Waals surface area (Å²) in [6, 6.07) is 9.18. The van der Waals surface area contributed by atoms with Crippen molar-refractivity contribution >= 4 is 17.5 Å². The molecule has 0 aliphatic carbocycles. The van der Waals surface area contributed by atoms with Gasteiger partial charge in [-0.2, -0.15) is 5.10 Å². The fourth-order valence-electron chi connectivity index (χ4n) is 3.15. The van der Waals surface area contributed by atoms with Crippen LogP contribution in [0, 0.1) is 0 Å². The second-order valence-electron chi connectivity index (χ2n) is 5.75. The molecule has 1 aliphatic heterocycles. The van der Waals surface area contributed by atoms with Gasteiger partial charge in [-0.15, -0.1) is 0 Å². The Kier molecular flexibility index (Phi) is 4.98. The number of carbonyl (C=O) groups is 1. The number of piperidine rings is 1. The summed E-state index contributed by atoms with van der Waals surface area (Å²) in [5, 5.41) is 13.9. The summed E-state index contributed by atoms with van der Waals surface area (Å²) >= 11 is 6.12. The van der Waals surface area contributed by atoms with Crippen LogP contribution in [0.3, 0.4) is 0 Å². The number of carbonyl (C=O) groups excluding carboxylic acids is 1. The molecule has 122 valence electrons. The zero-order valence-electron chi connectivity index (χ0n) is 12.9. The van der Waals surface area contributed by atoms with E-state index in [1.165, 1.54) is 0 Å². The third-order valence-electron chi connectivity index (χ3n) is 4.37. The Bertz CT molecular complexity index is 678. The zero-order chi connectivity index (χ0) is 16.2. The second kappa shape index (κ2) is 7.15. The van der Waals surface area contributed by atoms with Gasteiger partial charge < -0.3 is 10.0 Å². The van der Waals surface area contributed by atoms with Crippen LogP contribution in [-0.2, 0) is 6.54 Å². The Labute approximate surface area is 140 Å². The highest BCUT2D eigenvalue weighted by Gasteiger charge is 2.27. The smallest absolute Gasteiger partial charge is 0.255 e. The summed E-state index contributed by atoms with van der Waals surface area (Å²) in [6.07, 6.45) is 3.56. The molecule has 6 heteroatoms. The van der Waals surface area contributed by atoms with Gasteiger partial charge in [0.25, 0.3) is 5.91 Å². The molecule has 2 aromatic rings. The summed E-state index contributed by atoms with van der Waals surface area (Å²) in [6.45, 7) is 2.01. The summed E-state index contributed by atoms with van der Waals surface area (Å²) in [4.78, 5) is 14.4. The average Bonchev–Trinajstić information content (AvgIpc) is 3.03. The van der Waals surface area contributed by atoms with Crippen LogP contribution in [0.25, 0.3) is 0 Å². The van der Waals surface area contributed by atoms with Gasteiger partial charge >= 0.3 is 0 Å². The highest BCUT2D eigenvalue weighted by atomic mass is 35.5. The Morgan fingerprint density at radius 3 is 2.70 bits per heavy atom. The van der Waals surface area contributed by atoms with Crippen LogP contribution >= 0.6 is 11.6 Å². The summed E-state index contributed by atoms with van der Waals surface area (Å²) in [5.41, 5.74) is 1.71. The lowest BCUT2D eigenvalue weighted by molar-refractivity contribution is 0.0711. The van der Waals surface area contributed by atoms with E-state index < -0.39 is 0 Å². The number of aliphatic hydroxyl groups is 1. The van der Waals surface area contributed by atoms with Gasteiger partial charge in [0.15, 0.2) is 0 Å². The number of hydrogen-bond donors (Lipinski definition) is 1. The third-order valence-corrected chi connectivity index (χ3v) is 4.70. The lowest BCUT2D eigenvalue weighted by atomic mass is 9.93. The van der Waals surface area contributed by atoms with Crippen molar-refractivity contribution in [2.45, 2.75) is 25.3 Å². The van der Waals surface area contributed by atoms with Crippen LogP contribution in [0.1, 0.15) is 34.8 Å². The highest BCUT2D eigenvalue weighted by molar-refractivity contribution is 6.33. The quantitative estimate of drug-likeness (QED) is 0.935. The highest BCUT2D eigenvalue weighted by Crippen LogP contribution is 2.29. The van der Waals surface area contributed by atoms with Crippen molar-refractivity contribution in [3.8, 4) is 0 Å². The van der Waals surface area contributed by atoms with Gasteiger partial charge in [-0.25, -0.2) is 0 Å². The van der Waals surface area contributed by atoms with Crippen molar-refractivity contribution in [1.29, 1.82) is 0 Å². The van der Waals surface area contributed by atoms with Crippen molar-refractivity contribution < 1.29 is 9.90 Å². The topological polar surface area (TPSA) is 58.4 Å². The molecule has 2 heterocycles. The minimum atomic E-state index is -0.00193. The molecular weight excluding hydrogens is 314 g/mol. The molecule has 23 heavy (non-hydrogen) atoms. The number of amides is 1. The van der Waals surface area contributed by atoms with Gasteiger partial charge in [0, 0.05) is 30.9 Å². The van der Waals surface area contributed by atoms with E-state index in [1.807, 2.05) is 27.8 Å². The lowest BCUT2D eigenvalue weighted by Gasteiger charge is -2.32. The number of likely N-dealkylation sites (tertiary alicyclic amines) is 1. The number of aliphatic hydroxyl groups excluding tert-OH is 1. The molecule has 0 radical (unpaired) electrons. The standard InChI is InChI=1S/C17H20ClN3O2/c18-15-4-2-1-3-14(15)17(23)20-9-6-13(7-10-20)16-5-8-19-21(16)11-12-22/h1-5,8,13,22H,6-7,9-12H2. The molecule has 0 spiro atoms. The summed E-state index contributed by atoms with van der Waals surface area (Å²) in [7, 11) is 0. The van der Waals surface area contributed by atoms with Crippen LogP contribution in [0.15, 0.2) is 36.5 Å². The first kappa shape index (κ1) is 16.0. The molecule has 1 fully saturated rings. The molecule has 1 saturated heterocycles. The minimum absolute atomic E-state index is 0.00193. The molecule has 0 atom stereocenters. The van der Waals surface area contributed by atoms with E-state index in [1.54, 1.807) is 18.3 Å². The zero-order valence-corrected chi connectivity index (χ0v) is 13.6. The Morgan fingerprint density at radius 1 is 1.26 bits per heavy atom. The van der Waals surface area contributed by atoms with Crippen molar-refractivity contribution in [2.24, 2.45) is 0 Å². The Morgan fingerprint density at radius 2 is 2.00 bits per heavy atom. The van der Waals surface area contributed by atoms with Crippen LogP contribution < -0.4 is 0 Å². The average molecular weight is 334 g/mol. The van der Waals surface area contributed by atoms with Gasteiger partial charge in [0.05, 0.1) is 23.7 Å². The van der Waals surface area contributed by atoms with Crippen molar-refractivity contribution in [2.75, 3.05) is 19.7 Å². The van der Waals surface area contributed by atoms with Crippen molar-refractivity contribution in [3.63, 3.8) is 0 Å². The van der Waals surface area contributed by atoms with E-state index in [0.717, 1.165) is 18.5 Å². The Hall–Kier alpha value is -1.85. The molecule has 0 saturated carbocycles. The number of hydrogen-bond acceptors (Lipinski definition) is 3. The second-order valence-corrected chi connectivity index (χ2v) is 6.16. The van der Waals surface area contributed by atoms with E-state index in [9.17, 15) is 4.79 Å². The van der Waals surface area contributed by atoms with Crippen LogP contribution in [0.2, 0.25) is 5.02 Å². The maximum atomic E-state index is 12.6. The first-order valence-corrected chi connectivity index (χ1v) is 8.25. The predicted molar refractivity (Wildman–Crippen MR) is 88.6 cm³/mol. The maximum Gasteiger partial charge on any atom is 0.255 e. The van der Waals surface area contributed by atoms with E-state index in [4.69, 9.17) is 16.7 Å². The first-order valence-electron chi connectivity index (χ1n) is 7.87. The van der Waals surface area contributed by atoms with Crippen molar-refractivity contribution in [1.82, 2.24) is 14.7 Å². The fourth-order valence-corrected chi connectivity index (χ4v) is 3.37. The number of benzene rings is 1. The van der Waals surface area contributed by atoms with E-state index in [0.29, 0.717) is 36.1 Å². The number of aromatic nitrogens is 2. The van der Waals surface area contributed by atoms with E-state index in [2.05, 4.69) is 5.10 Å². The predicted octanol–water partition coefficient (Wildman–Crippen LogP) is 2.55. The SMILES string of the molecule is O=C(c1ccccc1Cl)N1CCC(c2ccnn2CCO)CC1. The molecule has 1 aromatic heterocycles. The Balaban J connectivity index is 1.65. The van der Waals surface area contributed by atoms with Gasteiger partial charge in [0.1, 0.15) is 0 Å². The first-order chi connectivity index (χ1) is 11.2. The van der Waals surface area contributed by atoms with Crippen LogP contribution in [0.4, 0.5) is 0 Å². The van der Waals surface area contributed by atoms with Gasteiger partial charge in [-0.1, -0.05) is 23.7 Å². The fraction of sp³-hybridized carbons (Fsp3) is 0.412. The molecule has 3 rings (SSSR count). The molecule has 1 N–H and O–H groups in total. The number of halogens is 1. The van der Waals surface area contributed by atoms with Gasteiger partial charge in [0.2, 0.25) is 0 Å². The number of rotatable bonds is 4. The molecule has 5 nitrogen and oxygen atoms in total. The maximum absolute atomic E-state index is 12.6. The van der Waals surface area contributed by atoms with Crippen LogP contribution in [-0.4, -0.2) is 45.4 Å². The monoisotopic (exact) mass is 333 g/mol. The lowest BCUT2D eigenvalue weighted by Crippen LogP contribution is -2.38. The van der Waals surface area contributed by atoms with Gasteiger partial charge in [-0.05, 0) is 31.0 Å².